The number of hydrogen-bond acceptors (Lipinski definition) is 3. The van der Waals surface area contributed by atoms with Gasteiger partial charge in [0.2, 0.25) is 6.10 Å². The minimum atomic E-state index is -4.66. The molecule has 1 aromatic carbocycles. The van der Waals surface area contributed by atoms with Gasteiger partial charge >= 0.3 is 12.1 Å². The van der Waals surface area contributed by atoms with Gasteiger partial charge in [-0.2, -0.15) is 13.2 Å². The first kappa shape index (κ1) is 19.1. The third-order valence-electron chi connectivity index (χ3n) is 3.19. The Labute approximate surface area is 133 Å². The van der Waals surface area contributed by atoms with Crippen LogP contribution in [0, 0.1) is 0 Å². The largest absolute Gasteiger partial charge is 0.508 e. The summed E-state index contributed by atoms with van der Waals surface area (Å²) in [6.45, 7) is 2.05. The molecule has 3 nitrogen and oxygen atoms in total. The van der Waals surface area contributed by atoms with E-state index < -0.39 is 18.2 Å². The van der Waals surface area contributed by atoms with Gasteiger partial charge in [0.1, 0.15) is 5.75 Å². The van der Waals surface area contributed by atoms with Crippen LogP contribution < -0.4 is 0 Å². The molecule has 1 N–H and O–H groups in total. The van der Waals surface area contributed by atoms with Crippen LogP contribution in [0.25, 0.3) is 0 Å². The van der Waals surface area contributed by atoms with E-state index in [4.69, 9.17) is 5.11 Å². The molecular weight excluding hydrogens is 309 g/mol. The van der Waals surface area contributed by atoms with Crippen LogP contribution in [0.4, 0.5) is 13.2 Å². The molecule has 0 saturated carbocycles. The summed E-state index contributed by atoms with van der Waals surface area (Å²) in [5, 5.41) is 9.11. The topological polar surface area (TPSA) is 46.5 Å². The Morgan fingerprint density at radius 2 is 1.87 bits per heavy atom. The molecule has 1 aromatic rings. The number of unbranched alkanes of at least 4 members (excludes halogenated alkanes) is 4. The summed E-state index contributed by atoms with van der Waals surface area (Å²) < 4.78 is 43.3. The first-order chi connectivity index (χ1) is 10.8. The van der Waals surface area contributed by atoms with Crippen molar-refractivity contribution >= 4 is 5.97 Å². The van der Waals surface area contributed by atoms with Crippen molar-refractivity contribution in [3.8, 4) is 5.75 Å². The van der Waals surface area contributed by atoms with Gasteiger partial charge in [-0.1, -0.05) is 32.3 Å². The Balaban J connectivity index is 2.62. The molecule has 0 bridgehead atoms. The van der Waals surface area contributed by atoms with Crippen LogP contribution in [0.2, 0.25) is 0 Å². The number of allylic oxidation sites excluding steroid dienone is 1. The fourth-order valence-corrected chi connectivity index (χ4v) is 1.90. The first-order valence-electron chi connectivity index (χ1n) is 7.58. The molecule has 0 aliphatic rings. The summed E-state index contributed by atoms with van der Waals surface area (Å²) in [5.41, 5.74) is -0.0478. The highest BCUT2D eigenvalue weighted by molar-refractivity contribution is 5.89. The molecule has 128 valence electrons. The van der Waals surface area contributed by atoms with E-state index in [0.717, 1.165) is 31.8 Å². The Morgan fingerprint density at radius 1 is 1.22 bits per heavy atom. The quantitative estimate of drug-likeness (QED) is 0.414. The Bertz CT molecular complexity index is 507. The van der Waals surface area contributed by atoms with Crippen LogP contribution in [-0.2, 0) is 4.74 Å². The van der Waals surface area contributed by atoms with Crippen LogP contribution in [-0.4, -0.2) is 23.4 Å². The molecule has 1 rings (SSSR count). The van der Waals surface area contributed by atoms with Crippen LogP contribution in [0.15, 0.2) is 36.4 Å². The lowest BCUT2D eigenvalue weighted by Crippen LogP contribution is -2.32. The van der Waals surface area contributed by atoms with Gasteiger partial charge in [-0.25, -0.2) is 4.79 Å². The third-order valence-corrected chi connectivity index (χ3v) is 3.19. The summed E-state index contributed by atoms with van der Waals surface area (Å²) in [6.07, 6.45) is -0.259. The summed E-state index contributed by atoms with van der Waals surface area (Å²) in [4.78, 5) is 11.7. The zero-order valence-corrected chi connectivity index (χ0v) is 13.0. The number of carbonyl (C=O) groups is 1. The van der Waals surface area contributed by atoms with Crippen LogP contribution >= 0.6 is 0 Å². The molecule has 0 aliphatic carbocycles. The molecular formula is C17H21F3O3. The van der Waals surface area contributed by atoms with Gasteiger partial charge in [0.15, 0.2) is 0 Å². The molecule has 0 heterocycles. The van der Waals surface area contributed by atoms with Gasteiger partial charge in [0.05, 0.1) is 5.56 Å². The average molecular weight is 330 g/mol. The average Bonchev–Trinajstić information content (AvgIpc) is 2.49. The summed E-state index contributed by atoms with van der Waals surface area (Å²) in [5.74, 6) is -1.16. The predicted molar refractivity (Wildman–Crippen MR) is 81.3 cm³/mol. The van der Waals surface area contributed by atoms with Crippen LogP contribution in [0.3, 0.4) is 0 Å². The molecule has 0 amide bonds. The number of benzene rings is 1. The second-order valence-electron chi connectivity index (χ2n) is 5.19. The summed E-state index contributed by atoms with van der Waals surface area (Å²) in [6, 6.07) is 4.84. The van der Waals surface area contributed by atoms with Gasteiger partial charge in [0, 0.05) is 0 Å². The minimum Gasteiger partial charge on any atom is -0.508 e. The maximum atomic E-state index is 12.9. The lowest BCUT2D eigenvalue weighted by atomic mass is 10.1. The maximum Gasteiger partial charge on any atom is 0.429 e. The number of esters is 1. The number of ether oxygens (including phenoxy) is 1. The van der Waals surface area contributed by atoms with Gasteiger partial charge < -0.3 is 9.84 Å². The van der Waals surface area contributed by atoms with Crippen molar-refractivity contribution in [2.75, 3.05) is 0 Å². The number of hydrogen-bond donors (Lipinski definition) is 1. The van der Waals surface area contributed by atoms with E-state index in [2.05, 4.69) is 11.7 Å². The Kier molecular flexibility index (Phi) is 7.65. The van der Waals surface area contributed by atoms with Gasteiger partial charge in [0.25, 0.3) is 0 Å². The maximum absolute atomic E-state index is 12.9. The smallest absolute Gasteiger partial charge is 0.429 e. The monoisotopic (exact) mass is 330 g/mol. The zero-order valence-electron chi connectivity index (χ0n) is 13.0. The normalized spacial score (nSPS) is 13.2. The number of carbonyl (C=O) groups excluding carboxylic acids is 1. The number of aromatic hydroxyl groups is 1. The first-order valence-corrected chi connectivity index (χ1v) is 7.58. The number of alkyl halides is 3. The van der Waals surface area contributed by atoms with E-state index in [1.165, 1.54) is 30.3 Å². The SMILES string of the molecule is CCCCCC/C=C\C(OC(=O)c1ccc(O)cc1)C(F)(F)F. The van der Waals surface area contributed by atoms with Crippen molar-refractivity contribution in [2.24, 2.45) is 0 Å². The van der Waals surface area contributed by atoms with Crippen LogP contribution in [0.5, 0.6) is 5.75 Å². The highest BCUT2D eigenvalue weighted by Gasteiger charge is 2.41. The summed E-state index contributed by atoms with van der Waals surface area (Å²) in [7, 11) is 0. The molecule has 1 unspecified atom stereocenters. The molecule has 0 spiro atoms. The zero-order chi connectivity index (χ0) is 17.3. The van der Waals surface area contributed by atoms with E-state index >= 15 is 0 Å². The molecule has 0 aliphatic heterocycles. The molecule has 0 radical (unpaired) electrons. The molecule has 0 fully saturated rings. The third kappa shape index (κ3) is 7.21. The number of phenolic OH excluding ortho intramolecular Hbond substituents is 1. The minimum absolute atomic E-state index is 0.0478. The second kappa shape index (κ2) is 9.22. The highest BCUT2D eigenvalue weighted by atomic mass is 19.4. The number of rotatable bonds is 8. The van der Waals surface area contributed by atoms with E-state index in [9.17, 15) is 18.0 Å². The van der Waals surface area contributed by atoms with Crippen molar-refractivity contribution in [1.29, 1.82) is 0 Å². The van der Waals surface area contributed by atoms with E-state index in [0.29, 0.717) is 6.42 Å². The Hall–Kier alpha value is -1.98. The van der Waals surface area contributed by atoms with Gasteiger partial charge in [-0.3, -0.25) is 0 Å². The van der Waals surface area contributed by atoms with Gasteiger partial charge in [-0.05, 0) is 43.2 Å². The fourth-order valence-electron chi connectivity index (χ4n) is 1.90. The lowest BCUT2D eigenvalue weighted by Gasteiger charge is -2.17. The molecule has 23 heavy (non-hydrogen) atoms. The van der Waals surface area contributed by atoms with E-state index in [1.807, 2.05) is 0 Å². The fraction of sp³-hybridized carbons (Fsp3) is 0.471. The van der Waals surface area contributed by atoms with Crippen LogP contribution in [0.1, 0.15) is 49.4 Å². The molecule has 0 saturated heterocycles. The van der Waals surface area contributed by atoms with E-state index in [-0.39, 0.29) is 11.3 Å². The lowest BCUT2D eigenvalue weighted by molar-refractivity contribution is -0.189. The molecule has 0 aromatic heterocycles. The predicted octanol–water partition coefficient (Wildman–Crippen LogP) is 5.01. The van der Waals surface area contributed by atoms with Crippen molar-refractivity contribution in [2.45, 2.75) is 51.3 Å². The second-order valence-corrected chi connectivity index (χ2v) is 5.19. The number of phenols is 1. The van der Waals surface area contributed by atoms with Crippen molar-refractivity contribution in [3.05, 3.63) is 42.0 Å². The molecule has 6 heteroatoms. The highest BCUT2D eigenvalue weighted by Crippen LogP contribution is 2.25. The van der Waals surface area contributed by atoms with E-state index in [1.54, 1.807) is 0 Å². The molecule has 1 atom stereocenters. The number of halogens is 3. The van der Waals surface area contributed by atoms with Gasteiger partial charge in [-0.15, -0.1) is 0 Å². The summed E-state index contributed by atoms with van der Waals surface area (Å²) >= 11 is 0. The van der Waals surface area contributed by atoms with Crippen molar-refractivity contribution in [1.82, 2.24) is 0 Å². The van der Waals surface area contributed by atoms with Crippen molar-refractivity contribution < 1.29 is 27.8 Å². The standard InChI is InChI=1S/C17H21F3O3/c1-2-3-4-5-6-7-8-15(17(18,19)20)23-16(22)13-9-11-14(21)12-10-13/h7-12,15,21H,2-6H2,1H3/b8-7-. The van der Waals surface area contributed by atoms with Crippen molar-refractivity contribution in [3.63, 3.8) is 0 Å². The Morgan fingerprint density at radius 3 is 2.43 bits per heavy atom.